The van der Waals surface area contributed by atoms with Crippen LogP contribution in [0.4, 0.5) is 11.8 Å². The molecule has 1 saturated heterocycles. The van der Waals surface area contributed by atoms with Gasteiger partial charge in [-0.1, -0.05) is 6.92 Å². The molecular formula is C14H23N5O2. The molecule has 1 aliphatic rings. The van der Waals surface area contributed by atoms with E-state index >= 15 is 0 Å². The summed E-state index contributed by atoms with van der Waals surface area (Å²) in [5.74, 6) is 1.51. The summed E-state index contributed by atoms with van der Waals surface area (Å²) in [6.45, 7) is 4.75. The number of nitrogen functional groups attached to an aromatic ring is 1. The number of anilines is 2. The standard InChI is InChI=1S/C14H23N5O2/c1-3-11-8-17-14(15)18-13(11)16-7-10-6-12(20)19(9-10)4-5-21-2/h8,10H,3-7,9H2,1-2H3,(H3,15,16,17,18). The van der Waals surface area contributed by atoms with Crippen LogP contribution in [0.25, 0.3) is 0 Å². The lowest BCUT2D eigenvalue weighted by Gasteiger charge is -2.17. The van der Waals surface area contributed by atoms with Crippen molar-refractivity contribution in [2.45, 2.75) is 19.8 Å². The van der Waals surface area contributed by atoms with Crippen molar-refractivity contribution in [2.24, 2.45) is 5.92 Å². The fourth-order valence-corrected chi connectivity index (χ4v) is 2.48. The van der Waals surface area contributed by atoms with Gasteiger partial charge in [0.15, 0.2) is 0 Å². The molecular weight excluding hydrogens is 270 g/mol. The van der Waals surface area contributed by atoms with Crippen LogP contribution in [0.2, 0.25) is 0 Å². The number of nitrogens with two attached hydrogens (primary N) is 1. The summed E-state index contributed by atoms with van der Waals surface area (Å²) >= 11 is 0. The average molecular weight is 293 g/mol. The highest BCUT2D eigenvalue weighted by molar-refractivity contribution is 5.78. The molecule has 2 rings (SSSR count). The van der Waals surface area contributed by atoms with E-state index in [0.717, 1.165) is 24.3 Å². The molecule has 1 amide bonds. The fourth-order valence-electron chi connectivity index (χ4n) is 2.48. The molecule has 0 aliphatic carbocycles. The zero-order valence-corrected chi connectivity index (χ0v) is 12.6. The van der Waals surface area contributed by atoms with E-state index in [2.05, 4.69) is 15.3 Å². The Bertz CT molecular complexity index is 494. The molecule has 0 bridgehead atoms. The molecule has 21 heavy (non-hydrogen) atoms. The SMILES string of the molecule is CCc1cnc(N)nc1NCC1CC(=O)N(CCOC)C1. The molecule has 0 saturated carbocycles. The lowest BCUT2D eigenvalue weighted by atomic mass is 10.1. The maximum atomic E-state index is 11.9. The summed E-state index contributed by atoms with van der Waals surface area (Å²) < 4.78 is 5.02. The molecule has 1 fully saturated rings. The van der Waals surface area contributed by atoms with Gasteiger partial charge in [-0.25, -0.2) is 4.98 Å². The number of aryl methyl sites for hydroxylation is 1. The summed E-state index contributed by atoms with van der Waals surface area (Å²) in [7, 11) is 1.64. The maximum Gasteiger partial charge on any atom is 0.223 e. The number of hydrogen-bond donors (Lipinski definition) is 2. The number of nitrogens with one attached hydrogen (secondary N) is 1. The highest BCUT2D eigenvalue weighted by atomic mass is 16.5. The molecule has 0 spiro atoms. The quantitative estimate of drug-likeness (QED) is 0.761. The lowest BCUT2D eigenvalue weighted by Crippen LogP contribution is -2.29. The predicted molar refractivity (Wildman–Crippen MR) is 80.9 cm³/mol. The van der Waals surface area contributed by atoms with Crippen molar-refractivity contribution in [3.63, 3.8) is 0 Å². The zero-order valence-electron chi connectivity index (χ0n) is 12.6. The van der Waals surface area contributed by atoms with Gasteiger partial charge in [0.1, 0.15) is 5.82 Å². The van der Waals surface area contributed by atoms with E-state index in [4.69, 9.17) is 10.5 Å². The number of methoxy groups -OCH3 is 1. The first-order valence-electron chi connectivity index (χ1n) is 7.26. The lowest BCUT2D eigenvalue weighted by molar-refractivity contribution is -0.128. The van der Waals surface area contributed by atoms with Crippen LogP contribution in [0.3, 0.4) is 0 Å². The fraction of sp³-hybridized carbons (Fsp3) is 0.643. The number of likely N-dealkylation sites (tertiary alicyclic amines) is 1. The Morgan fingerprint density at radius 2 is 2.38 bits per heavy atom. The Kier molecular flexibility index (Phi) is 5.32. The number of amides is 1. The van der Waals surface area contributed by atoms with Gasteiger partial charge >= 0.3 is 0 Å². The van der Waals surface area contributed by atoms with Gasteiger partial charge in [0, 0.05) is 50.8 Å². The van der Waals surface area contributed by atoms with Crippen LogP contribution in [-0.2, 0) is 16.0 Å². The first-order valence-corrected chi connectivity index (χ1v) is 7.26. The number of hydrogen-bond acceptors (Lipinski definition) is 6. The summed E-state index contributed by atoms with van der Waals surface area (Å²) in [6, 6.07) is 0. The largest absolute Gasteiger partial charge is 0.383 e. The second-order valence-electron chi connectivity index (χ2n) is 5.24. The van der Waals surface area contributed by atoms with E-state index in [1.165, 1.54) is 0 Å². The summed E-state index contributed by atoms with van der Waals surface area (Å²) in [6.07, 6.45) is 3.15. The van der Waals surface area contributed by atoms with Crippen LogP contribution >= 0.6 is 0 Å². The Hall–Kier alpha value is -1.89. The van der Waals surface area contributed by atoms with Gasteiger partial charge < -0.3 is 20.7 Å². The number of ether oxygens (including phenoxy) is 1. The second kappa shape index (κ2) is 7.21. The van der Waals surface area contributed by atoms with Gasteiger partial charge in [0.2, 0.25) is 11.9 Å². The highest BCUT2D eigenvalue weighted by Gasteiger charge is 2.29. The first-order chi connectivity index (χ1) is 10.1. The average Bonchev–Trinajstić information content (AvgIpc) is 2.83. The highest BCUT2D eigenvalue weighted by Crippen LogP contribution is 2.19. The minimum Gasteiger partial charge on any atom is -0.383 e. The normalized spacial score (nSPS) is 18.3. The predicted octanol–water partition coefficient (Wildman–Crippen LogP) is 0.528. The molecule has 1 atom stereocenters. The van der Waals surface area contributed by atoms with E-state index < -0.39 is 0 Å². The molecule has 0 radical (unpaired) electrons. The minimum atomic E-state index is 0.191. The number of carbonyl (C=O) groups is 1. The van der Waals surface area contributed by atoms with Crippen LogP contribution in [0.1, 0.15) is 18.9 Å². The number of aromatic nitrogens is 2. The molecule has 1 aromatic rings. The topological polar surface area (TPSA) is 93.4 Å². The Morgan fingerprint density at radius 3 is 3.10 bits per heavy atom. The summed E-state index contributed by atoms with van der Waals surface area (Å²) in [5, 5.41) is 3.30. The third-order valence-electron chi connectivity index (χ3n) is 3.68. The first kappa shape index (κ1) is 15.5. The van der Waals surface area contributed by atoms with Crippen LogP contribution < -0.4 is 11.1 Å². The maximum absolute atomic E-state index is 11.9. The summed E-state index contributed by atoms with van der Waals surface area (Å²) in [5.41, 5.74) is 6.66. The van der Waals surface area contributed by atoms with E-state index in [-0.39, 0.29) is 17.8 Å². The summed E-state index contributed by atoms with van der Waals surface area (Å²) in [4.78, 5) is 22.0. The van der Waals surface area contributed by atoms with Crippen molar-refractivity contribution in [2.75, 3.05) is 44.4 Å². The van der Waals surface area contributed by atoms with Crippen molar-refractivity contribution >= 4 is 17.7 Å². The molecule has 2 heterocycles. The van der Waals surface area contributed by atoms with E-state index in [1.54, 1.807) is 13.3 Å². The molecule has 1 aliphatic heterocycles. The van der Waals surface area contributed by atoms with Gasteiger partial charge in [-0.3, -0.25) is 4.79 Å². The Labute approximate surface area is 124 Å². The molecule has 1 unspecified atom stereocenters. The number of carbonyl (C=O) groups excluding carboxylic acids is 1. The van der Waals surface area contributed by atoms with E-state index in [1.807, 2.05) is 11.8 Å². The zero-order chi connectivity index (χ0) is 15.2. The Balaban J connectivity index is 1.89. The molecule has 7 nitrogen and oxygen atoms in total. The van der Waals surface area contributed by atoms with E-state index in [0.29, 0.717) is 26.1 Å². The van der Waals surface area contributed by atoms with Gasteiger partial charge in [0.25, 0.3) is 0 Å². The van der Waals surface area contributed by atoms with Crippen LogP contribution in [0.15, 0.2) is 6.20 Å². The van der Waals surface area contributed by atoms with Crippen LogP contribution in [-0.4, -0.2) is 54.1 Å². The van der Waals surface area contributed by atoms with Gasteiger partial charge in [0.05, 0.1) is 6.61 Å². The smallest absolute Gasteiger partial charge is 0.223 e. The third kappa shape index (κ3) is 4.04. The van der Waals surface area contributed by atoms with Crippen molar-refractivity contribution < 1.29 is 9.53 Å². The van der Waals surface area contributed by atoms with Crippen LogP contribution in [0.5, 0.6) is 0 Å². The van der Waals surface area contributed by atoms with E-state index in [9.17, 15) is 4.79 Å². The van der Waals surface area contributed by atoms with Crippen molar-refractivity contribution in [1.82, 2.24) is 14.9 Å². The number of rotatable bonds is 7. The minimum absolute atomic E-state index is 0.191. The van der Waals surface area contributed by atoms with Crippen molar-refractivity contribution in [3.8, 4) is 0 Å². The molecule has 116 valence electrons. The Morgan fingerprint density at radius 1 is 1.57 bits per heavy atom. The van der Waals surface area contributed by atoms with Crippen molar-refractivity contribution in [1.29, 1.82) is 0 Å². The van der Waals surface area contributed by atoms with Gasteiger partial charge in [-0.05, 0) is 6.42 Å². The molecule has 0 aromatic carbocycles. The monoisotopic (exact) mass is 293 g/mol. The molecule has 7 heteroatoms. The molecule has 3 N–H and O–H groups in total. The van der Waals surface area contributed by atoms with Crippen LogP contribution in [0, 0.1) is 5.92 Å². The third-order valence-corrected chi connectivity index (χ3v) is 3.68. The van der Waals surface area contributed by atoms with Crippen molar-refractivity contribution in [3.05, 3.63) is 11.8 Å². The molecule has 1 aromatic heterocycles. The second-order valence-corrected chi connectivity index (χ2v) is 5.24. The number of nitrogens with zero attached hydrogens (tertiary/aromatic N) is 3. The van der Waals surface area contributed by atoms with Gasteiger partial charge in [-0.15, -0.1) is 0 Å². The van der Waals surface area contributed by atoms with Gasteiger partial charge in [-0.2, -0.15) is 4.98 Å².